The summed E-state index contributed by atoms with van der Waals surface area (Å²) in [6.07, 6.45) is 0. The van der Waals surface area contributed by atoms with Crippen LogP contribution < -0.4 is 15.4 Å². The molecular weight excluding hydrogens is 248 g/mol. The lowest BCUT2D eigenvalue weighted by Gasteiger charge is -2.10. The molecule has 0 aromatic heterocycles. The van der Waals surface area contributed by atoms with Crippen LogP contribution in [-0.4, -0.2) is 19.7 Å². The molecule has 0 aliphatic rings. The number of hydrogen-bond donors (Lipinski definition) is 2. The second-order valence-corrected chi connectivity index (χ2v) is 4.68. The van der Waals surface area contributed by atoms with E-state index >= 15 is 0 Å². The second-order valence-electron chi connectivity index (χ2n) is 4.68. The first-order chi connectivity index (χ1) is 9.78. The maximum Gasteiger partial charge on any atom is 0.119 e. The van der Waals surface area contributed by atoms with Crippen molar-refractivity contribution in [1.29, 1.82) is 0 Å². The third kappa shape index (κ3) is 4.50. The van der Waals surface area contributed by atoms with Crippen molar-refractivity contribution in [2.45, 2.75) is 13.8 Å². The Kier molecular flexibility index (Phi) is 5.30. The summed E-state index contributed by atoms with van der Waals surface area (Å²) in [7, 11) is 0. The summed E-state index contributed by atoms with van der Waals surface area (Å²) < 4.78 is 5.41. The first kappa shape index (κ1) is 14.3. The van der Waals surface area contributed by atoms with E-state index < -0.39 is 0 Å². The monoisotopic (exact) mass is 270 g/mol. The minimum Gasteiger partial charge on any atom is -0.494 e. The lowest BCUT2D eigenvalue weighted by Crippen LogP contribution is -2.13. The largest absolute Gasteiger partial charge is 0.494 e. The van der Waals surface area contributed by atoms with E-state index in [0.717, 1.165) is 30.2 Å². The molecule has 0 fully saturated rings. The van der Waals surface area contributed by atoms with Gasteiger partial charge in [0.25, 0.3) is 0 Å². The quantitative estimate of drug-likeness (QED) is 0.748. The predicted molar refractivity (Wildman–Crippen MR) is 85.8 cm³/mol. The van der Waals surface area contributed by atoms with Gasteiger partial charge in [-0.3, -0.25) is 0 Å². The number of anilines is 2. The van der Waals surface area contributed by atoms with Gasteiger partial charge < -0.3 is 15.4 Å². The maximum atomic E-state index is 5.41. The molecule has 2 aromatic carbocycles. The number of benzene rings is 2. The average Bonchev–Trinajstić information content (AvgIpc) is 2.47. The molecule has 3 heteroatoms. The molecule has 2 N–H and O–H groups in total. The van der Waals surface area contributed by atoms with Gasteiger partial charge >= 0.3 is 0 Å². The smallest absolute Gasteiger partial charge is 0.119 e. The summed E-state index contributed by atoms with van der Waals surface area (Å²) in [6.45, 7) is 6.55. The molecule has 106 valence electrons. The Balaban J connectivity index is 1.71. The SMILES string of the molecule is CCOc1ccc(NCCNc2ccc(C)cc2)cc1. The molecule has 0 aliphatic carbocycles. The van der Waals surface area contributed by atoms with Gasteiger partial charge in [-0.25, -0.2) is 0 Å². The Morgan fingerprint density at radius 1 is 0.800 bits per heavy atom. The number of nitrogens with one attached hydrogen (secondary N) is 2. The van der Waals surface area contributed by atoms with Crippen LogP contribution in [0.2, 0.25) is 0 Å². The van der Waals surface area contributed by atoms with E-state index in [2.05, 4.69) is 41.8 Å². The van der Waals surface area contributed by atoms with E-state index in [-0.39, 0.29) is 0 Å². The molecule has 0 atom stereocenters. The number of rotatable bonds is 7. The Morgan fingerprint density at radius 3 is 1.80 bits per heavy atom. The van der Waals surface area contributed by atoms with Crippen molar-refractivity contribution in [1.82, 2.24) is 0 Å². The van der Waals surface area contributed by atoms with Gasteiger partial charge in [-0.2, -0.15) is 0 Å². The maximum absolute atomic E-state index is 5.41. The van der Waals surface area contributed by atoms with Gasteiger partial charge in [0, 0.05) is 24.5 Å². The molecule has 0 heterocycles. The molecular formula is C17H22N2O. The molecule has 0 amide bonds. The van der Waals surface area contributed by atoms with E-state index in [1.54, 1.807) is 0 Å². The molecule has 2 rings (SSSR count). The zero-order valence-electron chi connectivity index (χ0n) is 12.1. The van der Waals surface area contributed by atoms with Gasteiger partial charge in [0.2, 0.25) is 0 Å². The van der Waals surface area contributed by atoms with Crippen LogP contribution in [0.3, 0.4) is 0 Å². The summed E-state index contributed by atoms with van der Waals surface area (Å²) in [5, 5.41) is 6.76. The van der Waals surface area contributed by atoms with Gasteiger partial charge in [-0.1, -0.05) is 17.7 Å². The molecule has 0 saturated carbocycles. The predicted octanol–water partition coefficient (Wildman–Crippen LogP) is 3.92. The fraction of sp³-hybridized carbons (Fsp3) is 0.294. The fourth-order valence-electron chi connectivity index (χ4n) is 1.92. The van der Waals surface area contributed by atoms with Crippen LogP contribution in [0.5, 0.6) is 5.75 Å². The Labute approximate surface area is 121 Å². The van der Waals surface area contributed by atoms with E-state index in [1.165, 1.54) is 5.56 Å². The fourth-order valence-corrected chi connectivity index (χ4v) is 1.92. The highest BCUT2D eigenvalue weighted by Gasteiger charge is 1.95. The molecule has 0 radical (unpaired) electrons. The summed E-state index contributed by atoms with van der Waals surface area (Å²) in [5.74, 6) is 0.913. The normalized spacial score (nSPS) is 10.1. The van der Waals surface area contributed by atoms with Crippen LogP contribution in [0.25, 0.3) is 0 Å². The summed E-state index contributed by atoms with van der Waals surface area (Å²) >= 11 is 0. The van der Waals surface area contributed by atoms with E-state index in [1.807, 2.05) is 31.2 Å². The number of aryl methyl sites for hydroxylation is 1. The lowest BCUT2D eigenvalue weighted by atomic mass is 10.2. The third-order valence-electron chi connectivity index (χ3n) is 3.00. The molecule has 0 aliphatic heterocycles. The first-order valence-electron chi connectivity index (χ1n) is 7.05. The van der Waals surface area contributed by atoms with Crippen molar-refractivity contribution in [3.63, 3.8) is 0 Å². The van der Waals surface area contributed by atoms with Gasteiger partial charge in [0.05, 0.1) is 6.61 Å². The first-order valence-corrected chi connectivity index (χ1v) is 7.05. The topological polar surface area (TPSA) is 33.3 Å². The summed E-state index contributed by atoms with van der Waals surface area (Å²) in [4.78, 5) is 0. The van der Waals surface area contributed by atoms with Crippen LogP contribution in [0.15, 0.2) is 48.5 Å². The van der Waals surface area contributed by atoms with Crippen molar-refractivity contribution in [3.05, 3.63) is 54.1 Å². The van der Waals surface area contributed by atoms with Gasteiger partial charge in [0.15, 0.2) is 0 Å². The molecule has 0 bridgehead atoms. The Hall–Kier alpha value is -2.16. The van der Waals surface area contributed by atoms with Crippen molar-refractivity contribution in [2.24, 2.45) is 0 Å². The molecule has 0 unspecified atom stereocenters. The third-order valence-corrected chi connectivity index (χ3v) is 3.00. The molecule has 3 nitrogen and oxygen atoms in total. The van der Waals surface area contributed by atoms with Crippen LogP contribution in [0, 0.1) is 6.92 Å². The molecule has 20 heavy (non-hydrogen) atoms. The minimum atomic E-state index is 0.702. The number of ether oxygens (including phenoxy) is 1. The van der Waals surface area contributed by atoms with Crippen molar-refractivity contribution in [3.8, 4) is 5.75 Å². The lowest BCUT2D eigenvalue weighted by molar-refractivity contribution is 0.340. The van der Waals surface area contributed by atoms with E-state index in [9.17, 15) is 0 Å². The zero-order valence-corrected chi connectivity index (χ0v) is 12.1. The summed E-state index contributed by atoms with van der Waals surface area (Å²) in [6, 6.07) is 16.5. The van der Waals surface area contributed by atoms with Gasteiger partial charge in [-0.15, -0.1) is 0 Å². The van der Waals surface area contributed by atoms with Crippen LogP contribution in [-0.2, 0) is 0 Å². The van der Waals surface area contributed by atoms with Gasteiger partial charge in [-0.05, 0) is 50.2 Å². The van der Waals surface area contributed by atoms with Crippen LogP contribution in [0.1, 0.15) is 12.5 Å². The van der Waals surface area contributed by atoms with Crippen molar-refractivity contribution >= 4 is 11.4 Å². The van der Waals surface area contributed by atoms with Crippen LogP contribution >= 0.6 is 0 Å². The average molecular weight is 270 g/mol. The number of hydrogen-bond acceptors (Lipinski definition) is 3. The zero-order chi connectivity index (χ0) is 14.2. The van der Waals surface area contributed by atoms with E-state index in [4.69, 9.17) is 4.74 Å². The highest BCUT2D eigenvalue weighted by molar-refractivity contribution is 5.47. The highest BCUT2D eigenvalue weighted by atomic mass is 16.5. The standard InChI is InChI=1S/C17H22N2O/c1-3-20-17-10-8-16(9-11-17)19-13-12-18-15-6-4-14(2)5-7-15/h4-11,18-19H,3,12-13H2,1-2H3. The Morgan fingerprint density at radius 2 is 1.30 bits per heavy atom. The van der Waals surface area contributed by atoms with Gasteiger partial charge in [0.1, 0.15) is 5.75 Å². The minimum absolute atomic E-state index is 0.702. The van der Waals surface area contributed by atoms with Crippen molar-refractivity contribution < 1.29 is 4.74 Å². The Bertz CT molecular complexity index is 506. The highest BCUT2D eigenvalue weighted by Crippen LogP contribution is 2.15. The summed E-state index contributed by atoms with van der Waals surface area (Å²) in [5.41, 5.74) is 3.55. The van der Waals surface area contributed by atoms with E-state index in [0.29, 0.717) is 6.61 Å². The molecule has 0 spiro atoms. The second kappa shape index (κ2) is 7.43. The molecule has 2 aromatic rings. The molecule has 0 saturated heterocycles. The van der Waals surface area contributed by atoms with Crippen molar-refractivity contribution in [2.75, 3.05) is 30.3 Å². The van der Waals surface area contributed by atoms with Crippen LogP contribution in [0.4, 0.5) is 11.4 Å².